The van der Waals surface area contributed by atoms with E-state index in [0.717, 1.165) is 32.5 Å². The summed E-state index contributed by atoms with van der Waals surface area (Å²) in [5.41, 5.74) is 0. The van der Waals surface area contributed by atoms with Crippen molar-refractivity contribution in [2.24, 2.45) is 0 Å². The molecule has 2 fully saturated rings. The molecule has 4 nitrogen and oxygen atoms in total. The van der Waals surface area contributed by atoms with Crippen LogP contribution in [0.3, 0.4) is 0 Å². The van der Waals surface area contributed by atoms with Crippen molar-refractivity contribution in [3.05, 3.63) is 12.7 Å². The van der Waals surface area contributed by atoms with Gasteiger partial charge in [-0.1, -0.05) is 12.5 Å². The molecular weight excluding hydrogens is 262 g/mol. The molecule has 1 N–H and O–H groups in total. The first-order valence-corrected chi connectivity index (χ1v) is 8.63. The average molecular weight is 295 g/mol. The van der Waals surface area contributed by atoms with Crippen LogP contribution in [-0.4, -0.2) is 84.8 Å². The van der Waals surface area contributed by atoms with Gasteiger partial charge in [0.05, 0.1) is 6.10 Å². The van der Waals surface area contributed by atoms with E-state index in [9.17, 15) is 5.11 Å². The van der Waals surface area contributed by atoms with Gasteiger partial charge in [0.25, 0.3) is 0 Å². The summed E-state index contributed by atoms with van der Waals surface area (Å²) in [5.74, 6) is 0. The molecule has 0 unspecified atom stereocenters. The maximum Gasteiger partial charge on any atom is 0.0670 e. The Morgan fingerprint density at radius 1 is 1.19 bits per heavy atom. The first-order chi connectivity index (χ1) is 10.2. The molecule has 21 heavy (non-hydrogen) atoms. The number of nitrogens with zero attached hydrogens (tertiary/aromatic N) is 3. The van der Waals surface area contributed by atoms with E-state index in [1.807, 2.05) is 6.08 Å². The van der Waals surface area contributed by atoms with Gasteiger partial charge in [-0.05, 0) is 39.3 Å². The van der Waals surface area contributed by atoms with Crippen molar-refractivity contribution in [3.63, 3.8) is 0 Å². The average Bonchev–Trinajstić information content (AvgIpc) is 2.71. The number of β-amino-alcohol motifs (C(OH)–C–C–N with tert-alkyl or cyclic N) is 1. The molecule has 2 rings (SSSR count). The second-order valence-electron chi connectivity index (χ2n) is 6.77. The maximum absolute atomic E-state index is 10.1. The molecule has 0 amide bonds. The van der Waals surface area contributed by atoms with Crippen LogP contribution in [0.4, 0.5) is 0 Å². The van der Waals surface area contributed by atoms with Crippen molar-refractivity contribution in [2.75, 3.05) is 52.9 Å². The first kappa shape index (κ1) is 16.9. The third-order valence-electron chi connectivity index (χ3n) is 4.96. The van der Waals surface area contributed by atoms with Gasteiger partial charge in [-0.15, -0.1) is 6.58 Å². The van der Waals surface area contributed by atoms with Gasteiger partial charge in [0.2, 0.25) is 0 Å². The van der Waals surface area contributed by atoms with Crippen molar-refractivity contribution < 1.29 is 5.11 Å². The number of piperazine rings is 1. The first-order valence-electron chi connectivity index (χ1n) is 8.63. The van der Waals surface area contributed by atoms with Crippen molar-refractivity contribution in [2.45, 2.75) is 44.2 Å². The predicted molar refractivity (Wildman–Crippen MR) is 88.6 cm³/mol. The number of rotatable bonds is 6. The lowest BCUT2D eigenvalue weighted by Gasteiger charge is -2.39. The summed E-state index contributed by atoms with van der Waals surface area (Å²) < 4.78 is 0. The monoisotopic (exact) mass is 295 g/mol. The van der Waals surface area contributed by atoms with Gasteiger partial charge in [-0.25, -0.2) is 0 Å². The molecule has 2 heterocycles. The van der Waals surface area contributed by atoms with Gasteiger partial charge in [-0.2, -0.15) is 0 Å². The lowest BCUT2D eigenvalue weighted by Crippen LogP contribution is -2.52. The van der Waals surface area contributed by atoms with Crippen LogP contribution in [-0.2, 0) is 0 Å². The fourth-order valence-corrected chi connectivity index (χ4v) is 3.55. The molecule has 122 valence electrons. The Kier molecular flexibility index (Phi) is 7.17. The van der Waals surface area contributed by atoms with Crippen LogP contribution >= 0.6 is 0 Å². The van der Waals surface area contributed by atoms with Gasteiger partial charge in [0.15, 0.2) is 0 Å². The molecule has 0 bridgehead atoms. The summed E-state index contributed by atoms with van der Waals surface area (Å²) in [7, 11) is 2.21. The highest BCUT2D eigenvalue weighted by Gasteiger charge is 2.26. The summed E-state index contributed by atoms with van der Waals surface area (Å²) >= 11 is 0. The molecule has 0 aromatic heterocycles. The van der Waals surface area contributed by atoms with Crippen molar-refractivity contribution in [1.82, 2.24) is 14.7 Å². The van der Waals surface area contributed by atoms with E-state index < -0.39 is 0 Å². The van der Waals surface area contributed by atoms with Gasteiger partial charge in [-0.3, -0.25) is 9.80 Å². The highest BCUT2D eigenvalue weighted by atomic mass is 16.3. The molecule has 0 spiro atoms. The van der Waals surface area contributed by atoms with E-state index in [0.29, 0.717) is 6.04 Å². The zero-order valence-corrected chi connectivity index (χ0v) is 13.7. The molecule has 0 aromatic carbocycles. The third kappa shape index (κ3) is 5.70. The van der Waals surface area contributed by atoms with Gasteiger partial charge >= 0.3 is 0 Å². The van der Waals surface area contributed by atoms with Crippen LogP contribution in [0, 0.1) is 0 Å². The minimum atomic E-state index is -0.200. The summed E-state index contributed by atoms with van der Waals surface area (Å²) in [6, 6.07) is 0.688. The number of likely N-dealkylation sites (N-methyl/N-ethyl adjacent to an activating group) is 1. The number of hydrogen-bond donors (Lipinski definition) is 1. The molecule has 0 aromatic rings. The van der Waals surface area contributed by atoms with E-state index in [1.165, 1.54) is 45.4 Å². The van der Waals surface area contributed by atoms with Crippen LogP contribution in [0.15, 0.2) is 12.7 Å². The van der Waals surface area contributed by atoms with E-state index in [4.69, 9.17) is 0 Å². The number of allylic oxidation sites excluding steroid dienone is 1. The van der Waals surface area contributed by atoms with E-state index in [-0.39, 0.29) is 6.10 Å². The summed E-state index contributed by atoms with van der Waals surface area (Å²) in [4.78, 5) is 7.59. The normalized spacial score (nSPS) is 28.2. The lowest BCUT2D eigenvalue weighted by atomic mass is 10.1. The molecule has 2 aliphatic rings. The molecule has 0 aliphatic carbocycles. The van der Waals surface area contributed by atoms with Gasteiger partial charge in [0.1, 0.15) is 0 Å². The highest BCUT2D eigenvalue weighted by molar-refractivity contribution is 4.83. The number of hydrogen-bond acceptors (Lipinski definition) is 4. The predicted octanol–water partition coefficient (Wildman–Crippen LogP) is 1.42. The van der Waals surface area contributed by atoms with Crippen LogP contribution < -0.4 is 0 Å². The molecule has 4 heteroatoms. The Bertz CT molecular complexity index is 302. The fraction of sp³-hybridized carbons (Fsp3) is 0.882. The number of likely N-dealkylation sites (tertiary alicyclic amines) is 1. The van der Waals surface area contributed by atoms with Crippen molar-refractivity contribution in [1.29, 1.82) is 0 Å². The number of aliphatic hydroxyl groups is 1. The Morgan fingerprint density at radius 3 is 2.67 bits per heavy atom. The van der Waals surface area contributed by atoms with Crippen molar-refractivity contribution in [3.8, 4) is 0 Å². The fourth-order valence-electron chi connectivity index (χ4n) is 3.55. The van der Waals surface area contributed by atoms with E-state index in [2.05, 4.69) is 28.3 Å². The maximum atomic E-state index is 10.1. The third-order valence-corrected chi connectivity index (χ3v) is 4.96. The Morgan fingerprint density at radius 2 is 1.95 bits per heavy atom. The minimum Gasteiger partial charge on any atom is -0.392 e. The topological polar surface area (TPSA) is 30.0 Å². The standard InChI is InChI=1S/C17H33N3O/c1-3-4-8-17(21)15-19-9-6-5-7-16(14-19)20-12-10-18(2)11-13-20/h3,16-17,21H,1,4-15H2,2H3/t16-,17+/m0/s1. The summed E-state index contributed by atoms with van der Waals surface area (Å²) in [6.07, 6.45) is 7.39. The van der Waals surface area contributed by atoms with Crippen molar-refractivity contribution >= 4 is 0 Å². The van der Waals surface area contributed by atoms with Crippen LogP contribution in [0.5, 0.6) is 0 Å². The number of aliphatic hydroxyl groups excluding tert-OH is 1. The van der Waals surface area contributed by atoms with Crippen LogP contribution in [0.25, 0.3) is 0 Å². The zero-order valence-electron chi connectivity index (χ0n) is 13.7. The minimum absolute atomic E-state index is 0.200. The molecule has 0 radical (unpaired) electrons. The Balaban J connectivity index is 1.81. The Hall–Kier alpha value is -0.420. The largest absolute Gasteiger partial charge is 0.392 e. The van der Waals surface area contributed by atoms with E-state index in [1.54, 1.807) is 0 Å². The lowest BCUT2D eigenvalue weighted by molar-refractivity contribution is 0.0663. The van der Waals surface area contributed by atoms with Crippen LogP contribution in [0.2, 0.25) is 0 Å². The smallest absolute Gasteiger partial charge is 0.0670 e. The Labute approximate surface area is 130 Å². The quantitative estimate of drug-likeness (QED) is 0.751. The second kappa shape index (κ2) is 8.89. The van der Waals surface area contributed by atoms with Crippen LogP contribution in [0.1, 0.15) is 32.1 Å². The molecule has 2 aliphatic heterocycles. The SMILES string of the molecule is C=CCC[C@@H](O)CN1CCCC[C@H](N2CCN(C)CC2)C1. The highest BCUT2D eigenvalue weighted by Crippen LogP contribution is 2.18. The second-order valence-corrected chi connectivity index (χ2v) is 6.77. The molecular formula is C17H33N3O. The van der Waals surface area contributed by atoms with E-state index >= 15 is 0 Å². The summed E-state index contributed by atoms with van der Waals surface area (Å²) in [5, 5.41) is 10.1. The zero-order chi connectivity index (χ0) is 15.1. The summed E-state index contributed by atoms with van der Waals surface area (Å²) in [6.45, 7) is 11.6. The molecule has 2 atom stereocenters. The molecule has 2 saturated heterocycles. The van der Waals surface area contributed by atoms with Gasteiger partial charge < -0.3 is 10.0 Å². The molecule has 0 saturated carbocycles. The van der Waals surface area contributed by atoms with Gasteiger partial charge in [0, 0.05) is 45.3 Å².